The molecule has 3 rings (SSSR count). The second-order valence-corrected chi connectivity index (χ2v) is 4.65. The maximum atomic E-state index is 12.4. The molecule has 2 aromatic carbocycles. The van der Waals surface area contributed by atoms with Crippen LogP contribution in [0.4, 0.5) is 5.69 Å². The van der Waals surface area contributed by atoms with Crippen molar-refractivity contribution in [3.63, 3.8) is 0 Å². The van der Waals surface area contributed by atoms with Gasteiger partial charge in [0.2, 0.25) is 0 Å². The topological polar surface area (TPSA) is 59.3 Å². The number of nitrogens with one attached hydrogen (secondary N) is 1. The third-order valence-corrected chi connectivity index (χ3v) is 3.31. The molecule has 1 aromatic heterocycles. The van der Waals surface area contributed by atoms with Crippen LogP contribution < -0.4 is 10.9 Å². The smallest absolute Gasteiger partial charge is 0.347 e. The molecule has 0 aliphatic carbocycles. The molecule has 0 radical (unpaired) electrons. The van der Waals surface area contributed by atoms with Crippen LogP contribution in [0.5, 0.6) is 0 Å². The molecule has 104 valence electrons. The Kier molecular flexibility index (Phi) is 3.28. The molecule has 3 aromatic rings. The average Bonchev–Trinajstić information content (AvgIpc) is 2.53. The van der Waals surface area contributed by atoms with Crippen molar-refractivity contribution in [1.29, 1.82) is 0 Å². The molecule has 4 heteroatoms. The van der Waals surface area contributed by atoms with Crippen molar-refractivity contribution < 1.29 is 9.21 Å². The van der Waals surface area contributed by atoms with Crippen LogP contribution in [-0.4, -0.2) is 12.8 Å². The van der Waals surface area contributed by atoms with Crippen LogP contribution in [0, 0.1) is 0 Å². The van der Waals surface area contributed by atoms with Gasteiger partial charge in [-0.25, -0.2) is 4.79 Å². The molecule has 4 nitrogen and oxygen atoms in total. The van der Waals surface area contributed by atoms with Gasteiger partial charge in [0.25, 0.3) is 0 Å². The van der Waals surface area contributed by atoms with E-state index in [2.05, 4.69) is 5.32 Å². The molecule has 0 atom stereocenters. The van der Waals surface area contributed by atoms with E-state index in [1.165, 1.54) is 0 Å². The second-order valence-electron chi connectivity index (χ2n) is 4.65. The second kappa shape index (κ2) is 5.25. The van der Waals surface area contributed by atoms with E-state index in [0.717, 1.165) is 5.69 Å². The lowest BCUT2D eigenvalue weighted by atomic mass is 10.0. The normalized spacial score (nSPS) is 10.5. The molecule has 0 bridgehead atoms. The number of hydrogen-bond acceptors (Lipinski definition) is 4. The molecular weight excluding hydrogens is 266 g/mol. The lowest BCUT2D eigenvalue weighted by Crippen LogP contribution is -2.14. The number of carbonyl (C=O) groups excluding carboxylic acids is 1. The predicted octanol–water partition coefficient (Wildman–Crippen LogP) is 3.07. The summed E-state index contributed by atoms with van der Waals surface area (Å²) in [7, 11) is 1.78. The Morgan fingerprint density at radius 2 is 1.81 bits per heavy atom. The summed E-state index contributed by atoms with van der Waals surface area (Å²) in [4.78, 5) is 24.4. The predicted molar refractivity (Wildman–Crippen MR) is 81.9 cm³/mol. The van der Waals surface area contributed by atoms with Crippen LogP contribution in [0.15, 0.2) is 63.8 Å². The number of ketones is 1. The summed E-state index contributed by atoms with van der Waals surface area (Å²) < 4.78 is 5.26. The van der Waals surface area contributed by atoms with Crippen molar-refractivity contribution in [1.82, 2.24) is 0 Å². The maximum absolute atomic E-state index is 12.4. The van der Waals surface area contributed by atoms with Crippen LogP contribution in [0.1, 0.15) is 15.9 Å². The number of rotatable bonds is 3. The molecule has 0 spiro atoms. The van der Waals surface area contributed by atoms with E-state index in [4.69, 9.17) is 4.42 Å². The van der Waals surface area contributed by atoms with E-state index in [1.54, 1.807) is 43.4 Å². The molecule has 0 amide bonds. The minimum absolute atomic E-state index is 0.0471. The van der Waals surface area contributed by atoms with Gasteiger partial charge in [0.15, 0.2) is 5.78 Å². The highest BCUT2D eigenvalue weighted by molar-refractivity contribution is 6.09. The Bertz CT molecular complexity index is 866. The molecule has 0 aliphatic rings. The summed E-state index contributed by atoms with van der Waals surface area (Å²) in [6.07, 6.45) is 0. The van der Waals surface area contributed by atoms with Gasteiger partial charge in [0.1, 0.15) is 11.1 Å². The van der Waals surface area contributed by atoms with Crippen molar-refractivity contribution in [3.8, 4) is 0 Å². The highest BCUT2D eigenvalue weighted by atomic mass is 16.4. The van der Waals surface area contributed by atoms with Crippen molar-refractivity contribution in [2.45, 2.75) is 0 Å². The molecule has 0 fully saturated rings. The van der Waals surface area contributed by atoms with Gasteiger partial charge >= 0.3 is 5.63 Å². The highest BCUT2D eigenvalue weighted by Crippen LogP contribution is 2.19. The third kappa shape index (κ3) is 2.43. The summed E-state index contributed by atoms with van der Waals surface area (Å²) in [5, 5.41) is 3.69. The van der Waals surface area contributed by atoms with Crippen LogP contribution in [0.3, 0.4) is 0 Å². The first-order valence-corrected chi connectivity index (χ1v) is 6.54. The number of hydrogen-bond donors (Lipinski definition) is 1. The first-order chi connectivity index (χ1) is 10.2. The van der Waals surface area contributed by atoms with Crippen molar-refractivity contribution >= 4 is 22.4 Å². The van der Waals surface area contributed by atoms with E-state index in [-0.39, 0.29) is 11.3 Å². The van der Waals surface area contributed by atoms with Gasteiger partial charge in [-0.2, -0.15) is 0 Å². The summed E-state index contributed by atoms with van der Waals surface area (Å²) in [5.74, 6) is -0.330. The van der Waals surface area contributed by atoms with E-state index in [1.807, 2.05) is 18.2 Å². The number of anilines is 1. The Hall–Kier alpha value is -2.88. The van der Waals surface area contributed by atoms with Gasteiger partial charge in [0.05, 0.1) is 0 Å². The maximum Gasteiger partial charge on any atom is 0.347 e. The van der Waals surface area contributed by atoms with Gasteiger partial charge in [-0.05, 0) is 18.2 Å². The third-order valence-electron chi connectivity index (χ3n) is 3.31. The van der Waals surface area contributed by atoms with E-state index in [0.29, 0.717) is 16.5 Å². The summed E-state index contributed by atoms with van der Waals surface area (Å²) in [6.45, 7) is 0. The first-order valence-electron chi connectivity index (χ1n) is 6.54. The molecule has 0 unspecified atom stereocenters. The van der Waals surface area contributed by atoms with Crippen molar-refractivity contribution in [3.05, 3.63) is 76.1 Å². The minimum Gasteiger partial charge on any atom is -0.422 e. The standard InChI is InChI=1S/C17H13NO3/c1-18-13-8-7-12-9-14(17(20)21-15(12)10-13)16(19)11-5-3-2-4-6-11/h2-10,18H,1H3. The van der Waals surface area contributed by atoms with E-state index in [9.17, 15) is 9.59 Å². The summed E-state index contributed by atoms with van der Waals surface area (Å²) in [6, 6.07) is 15.7. The lowest BCUT2D eigenvalue weighted by molar-refractivity contribution is 0.103. The fourth-order valence-electron chi connectivity index (χ4n) is 2.17. The van der Waals surface area contributed by atoms with Gasteiger partial charge in [0, 0.05) is 29.8 Å². The fourth-order valence-corrected chi connectivity index (χ4v) is 2.17. The SMILES string of the molecule is CNc1ccc2cc(C(=O)c3ccccc3)c(=O)oc2c1. The van der Waals surface area contributed by atoms with Crippen LogP contribution >= 0.6 is 0 Å². The summed E-state index contributed by atoms with van der Waals surface area (Å²) >= 11 is 0. The molecule has 1 N–H and O–H groups in total. The molecule has 21 heavy (non-hydrogen) atoms. The summed E-state index contributed by atoms with van der Waals surface area (Å²) in [5.41, 5.74) is 1.19. The molecule has 1 heterocycles. The number of benzene rings is 2. The zero-order valence-corrected chi connectivity index (χ0v) is 11.4. The molecule has 0 saturated carbocycles. The monoisotopic (exact) mass is 279 g/mol. The van der Waals surface area contributed by atoms with Gasteiger partial charge in [-0.3, -0.25) is 4.79 Å². The van der Waals surface area contributed by atoms with Crippen molar-refractivity contribution in [2.75, 3.05) is 12.4 Å². The Morgan fingerprint density at radius 1 is 1.05 bits per heavy atom. The van der Waals surface area contributed by atoms with Gasteiger partial charge in [-0.1, -0.05) is 30.3 Å². The largest absolute Gasteiger partial charge is 0.422 e. The Labute approximate surface area is 121 Å². The number of fused-ring (bicyclic) bond motifs is 1. The van der Waals surface area contributed by atoms with Crippen molar-refractivity contribution in [2.24, 2.45) is 0 Å². The zero-order chi connectivity index (χ0) is 14.8. The molecular formula is C17H13NO3. The Morgan fingerprint density at radius 3 is 2.52 bits per heavy atom. The quantitative estimate of drug-likeness (QED) is 0.591. The molecule has 0 aliphatic heterocycles. The zero-order valence-electron chi connectivity index (χ0n) is 11.4. The van der Waals surface area contributed by atoms with E-state index >= 15 is 0 Å². The number of carbonyl (C=O) groups is 1. The van der Waals surface area contributed by atoms with Gasteiger partial charge in [-0.15, -0.1) is 0 Å². The van der Waals surface area contributed by atoms with E-state index < -0.39 is 5.63 Å². The minimum atomic E-state index is -0.621. The first kappa shape index (κ1) is 13.1. The van der Waals surface area contributed by atoms with Crippen LogP contribution in [-0.2, 0) is 0 Å². The van der Waals surface area contributed by atoms with Gasteiger partial charge < -0.3 is 9.73 Å². The lowest BCUT2D eigenvalue weighted by Gasteiger charge is -2.04. The average molecular weight is 279 g/mol. The highest BCUT2D eigenvalue weighted by Gasteiger charge is 2.15. The van der Waals surface area contributed by atoms with Crippen LogP contribution in [0.2, 0.25) is 0 Å². The Balaban J connectivity index is 2.14. The molecule has 0 saturated heterocycles. The van der Waals surface area contributed by atoms with Crippen LogP contribution in [0.25, 0.3) is 11.0 Å². The fraction of sp³-hybridized carbons (Fsp3) is 0.0588.